The molecule has 1 aromatic carbocycles. The molecule has 0 unspecified atom stereocenters. The van der Waals surface area contributed by atoms with Crippen LogP contribution in [0.25, 0.3) is 0 Å². The van der Waals surface area contributed by atoms with Crippen LogP contribution in [0, 0.1) is 0 Å². The highest BCUT2D eigenvalue weighted by atomic mass is 32.2. The Balaban J connectivity index is 2.65. The number of rotatable bonds is 8. The maximum atomic E-state index is 11.9. The molecule has 102 valence electrons. The molecular formula is C12H19NO3S2. The molecule has 0 aliphatic heterocycles. The molecule has 0 aliphatic rings. The number of hydrogen-bond donors (Lipinski definition) is 2. The summed E-state index contributed by atoms with van der Waals surface area (Å²) in [7, 11) is -3.38. The van der Waals surface area contributed by atoms with E-state index in [1.165, 1.54) is 0 Å². The van der Waals surface area contributed by atoms with Gasteiger partial charge in [0.2, 0.25) is 10.0 Å². The van der Waals surface area contributed by atoms with Gasteiger partial charge in [0, 0.05) is 18.9 Å². The number of sulfonamides is 1. The number of hydrogen-bond acceptors (Lipinski definition) is 4. The van der Waals surface area contributed by atoms with Crippen molar-refractivity contribution in [2.45, 2.75) is 17.7 Å². The molecule has 0 saturated heterocycles. The van der Waals surface area contributed by atoms with Crippen LogP contribution in [0.3, 0.4) is 0 Å². The lowest BCUT2D eigenvalue weighted by atomic mass is 10.1. The third-order valence-corrected chi connectivity index (χ3v) is 4.54. The molecule has 0 amide bonds. The Labute approximate surface area is 113 Å². The second-order valence-electron chi connectivity index (χ2n) is 3.86. The first-order valence-electron chi connectivity index (χ1n) is 5.78. The van der Waals surface area contributed by atoms with Crippen LogP contribution >= 0.6 is 11.8 Å². The second-order valence-corrected chi connectivity index (χ2v) is 6.61. The highest BCUT2D eigenvalue weighted by molar-refractivity contribution is 7.98. The normalized spacial score (nSPS) is 11.7. The number of nitrogens with one attached hydrogen (secondary N) is 1. The third kappa shape index (κ3) is 4.97. The van der Waals surface area contributed by atoms with Crippen LogP contribution in [0.1, 0.15) is 12.0 Å². The summed E-state index contributed by atoms with van der Waals surface area (Å²) < 4.78 is 26.3. The van der Waals surface area contributed by atoms with E-state index in [0.29, 0.717) is 13.0 Å². The van der Waals surface area contributed by atoms with Crippen molar-refractivity contribution in [2.75, 3.05) is 25.2 Å². The summed E-state index contributed by atoms with van der Waals surface area (Å²) in [6.45, 7) is 0.589. The van der Waals surface area contributed by atoms with Gasteiger partial charge in [-0.1, -0.05) is 12.1 Å². The fourth-order valence-corrected chi connectivity index (χ4v) is 2.95. The Kier molecular flexibility index (Phi) is 6.70. The number of thioether (sulfide) groups is 1. The molecule has 0 saturated carbocycles. The second kappa shape index (κ2) is 7.78. The molecule has 6 heteroatoms. The van der Waals surface area contributed by atoms with Crippen molar-refractivity contribution in [3.8, 4) is 0 Å². The van der Waals surface area contributed by atoms with Crippen molar-refractivity contribution in [1.29, 1.82) is 0 Å². The number of aliphatic hydroxyl groups excluding tert-OH is 1. The maximum absolute atomic E-state index is 11.9. The van der Waals surface area contributed by atoms with Crippen molar-refractivity contribution in [3.63, 3.8) is 0 Å². The Bertz CT molecular complexity index is 443. The zero-order valence-corrected chi connectivity index (χ0v) is 12.1. The van der Waals surface area contributed by atoms with Gasteiger partial charge in [-0.25, -0.2) is 13.1 Å². The van der Waals surface area contributed by atoms with Crippen molar-refractivity contribution < 1.29 is 13.5 Å². The van der Waals surface area contributed by atoms with E-state index in [1.54, 1.807) is 36.0 Å². The Morgan fingerprint density at radius 3 is 2.50 bits per heavy atom. The summed E-state index contributed by atoms with van der Waals surface area (Å²) in [5.41, 5.74) is 1.03. The van der Waals surface area contributed by atoms with E-state index in [2.05, 4.69) is 4.72 Å². The van der Waals surface area contributed by atoms with Gasteiger partial charge in [-0.05, 0) is 36.8 Å². The molecule has 0 atom stereocenters. The zero-order chi connectivity index (χ0) is 13.4. The molecule has 0 spiro atoms. The van der Waals surface area contributed by atoms with Crippen LogP contribution in [0.15, 0.2) is 29.2 Å². The van der Waals surface area contributed by atoms with E-state index < -0.39 is 10.0 Å². The van der Waals surface area contributed by atoms with Crippen LogP contribution in [-0.4, -0.2) is 38.7 Å². The van der Waals surface area contributed by atoms with E-state index in [0.717, 1.165) is 17.7 Å². The molecule has 4 nitrogen and oxygen atoms in total. The lowest BCUT2D eigenvalue weighted by molar-refractivity contribution is 0.288. The van der Waals surface area contributed by atoms with Crippen LogP contribution in [0.2, 0.25) is 0 Å². The molecule has 0 bridgehead atoms. The van der Waals surface area contributed by atoms with E-state index in [1.807, 2.05) is 6.26 Å². The quantitative estimate of drug-likeness (QED) is 0.707. The zero-order valence-electron chi connectivity index (χ0n) is 10.4. The van der Waals surface area contributed by atoms with E-state index >= 15 is 0 Å². The van der Waals surface area contributed by atoms with Gasteiger partial charge in [-0.15, -0.1) is 0 Å². The Morgan fingerprint density at radius 1 is 1.28 bits per heavy atom. The van der Waals surface area contributed by atoms with Crippen LogP contribution in [-0.2, 0) is 16.4 Å². The van der Waals surface area contributed by atoms with Crippen molar-refractivity contribution in [3.05, 3.63) is 29.8 Å². The fourth-order valence-electron chi connectivity index (χ4n) is 1.48. The van der Waals surface area contributed by atoms with Gasteiger partial charge in [0.15, 0.2) is 0 Å². The largest absolute Gasteiger partial charge is 0.396 e. The first-order valence-corrected chi connectivity index (χ1v) is 8.66. The average molecular weight is 289 g/mol. The lowest BCUT2D eigenvalue weighted by Gasteiger charge is -2.07. The standard InChI is InChI=1S/C12H19NO3S2/c1-17-10-8-13-18(15,16)12-6-4-11(5-7-12)3-2-9-14/h4-7,13-14H,2-3,8-10H2,1H3. The van der Waals surface area contributed by atoms with E-state index in [-0.39, 0.29) is 11.5 Å². The fraction of sp³-hybridized carbons (Fsp3) is 0.500. The lowest BCUT2D eigenvalue weighted by Crippen LogP contribution is -2.25. The summed E-state index contributed by atoms with van der Waals surface area (Å²) in [5, 5.41) is 8.72. The summed E-state index contributed by atoms with van der Waals surface area (Å²) in [6, 6.07) is 6.79. The SMILES string of the molecule is CSCCNS(=O)(=O)c1ccc(CCCO)cc1. The van der Waals surface area contributed by atoms with Gasteiger partial charge in [-0.3, -0.25) is 0 Å². The molecule has 1 aromatic rings. The van der Waals surface area contributed by atoms with Crippen molar-refractivity contribution >= 4 is 21.8 Å². The molecule has 0 heterocycles. The highest BCUT2D eigenvalue weighted by Gasteiger charge is 2.12. The summed E-state index contributed by atoms with van der Waals surface area (Å²) in [5.74, 6) is 0.758. The van der Waals surface area contributed by atoms with Crippen LogP contribution in [0.5, 0.6) is 0 Å². The summed E-state index contributed by atoms with van der Waals surface area (Å²) in [4.78, 5) is 0.288. The Hall–Kier alpha value is -0.560. The smallest absolute Gasteiger partial charge is 0.240 e. The highest BCUT2D eigenvalue weighted by Crippen LogP contribution is 2.11. The van der Waals surface area contributed by atoms with Gasteiger partial charge in [0.05, 0.1) is 4.90 Å². The van der Waals surface area contributed by atoms with E-state index in [4.69, 9.17) is 5.11 Å². The van der Waals surface area contributed by atoms with Gasteiger partial charge in [0.1, 0.15) is 0 Å². The third-order valence-electron chi connectivity index (χ3n) is 2.46. The molecule has 0 aliphatic carbocycles. The summed E-state index contributed by atoms with van der Waals surface area (Å²) >= 11 is 1.60. The minimum atomic E-state index is -3.38. The predicted molar refractivity (Wildman–Crippen MR) is 75.4 cm³/mol. The Morgan fingerprint density at radius 2 is 1.94 bits per heavy atom. The predicted octanol–water partition coefficient (Wildman–Crippen LogP) is 1.25. The first kappa shape index (κ1) is 15.5. The number of aliphatic hydroxyl groups is 1. The molecule has 2 N–H and O–H groups in total. The number of benzene rings is 1. The van der Waals surface area contributed by atoms with Crippen LogP contribution in [0.4, 0.5) is 0 Å². The van der Waals surface area contributed by atoms with Crippen molar-refractivity contribution in [2.24, 2.45) is 0 Å². The topological polar surface area (TPSA) is 66.4 Å². The average Bonchev–Trinajstić information content (AvgIpc) is 2.37. The minimum Gasteiger partial charge on any atom is -0.396 e. The molecular weight excluding hydrogens is 270 g/mol. The molecule has 0 aromatic heterocycles. The van der Waals surface area contributed by atoms with Gasteiger partial charge >= 0.3 is 0 Å². The first-order chi connectivity index (χ1) is 8.60. The maximum Gasteiger partial charge on any atom is 0.240 e. The summed E-state index contributed by atoms with van der Waals surface area (Å²) in [6.07, 6.45) is 3.39. The number of aryl methyl sites for hydroxylation is 1. The molecule has 18 heavy (non-hydrogen) atoms. The van der Waals surface area contributed by atoms with Crippen LogP contribution < -0.4 is 4.72 Å². The van der Waals surface area contributed by atoms with Crippen molar-refractivity contribution in [1.82, 2.24) is 4.72 Å². The van der Waals surface area contributed by atoms with Gasteiger partial charge < -0.3 is 5.11 Å². The molecule has 0 fully saturated rings. The molecule has 1 rings (SSSR count). The minimum absolute atomic E-state index is 0.149. The monoisotopic (exact) mass is 289 g/mol. The van der Waals surface area contributed by atoms with E-state index in [9.17, 15) is 8.42 Å². The van der Waals surface area contributed by atoms with Gasteiger partial charge in [-0.2, -0.15) is 11.8 Å². The molecule has 0 radical (unpaired) electrons. The van der Waals surface area contributed by atoms with Gasteiger partial charge in [0.25, 0.3) is 0 Å².